The number of rotatable bonds is 5. The van der Waals surface area contributed by atoms with Crippen LogP contribution in [0.5, 0.6) is 0 Å². The Morgan fingerprint density at radius 3 is 2.57 bits per heavy atom. The van der Waals surface area contributed by atoms with E-state index in [4.69, 9.17) is 4.74 Å². The number of carbonyl (C=O) groups is 2. The summed E-state index contributed by atoms with van der Waals surface area (Å²) in [6.45, 7) is 4.89. The molecular weight excluding hydrogens is 304 g/mol. The highest BCUT2D eigenvalue weighted by molar-refractivity contribution is 5.89. The number of methoxy groups -OCH3 is 1. The van der Waals surface area contributed by atoms with Crippen LogP contribution in [0.2, 0.25) is 0 Å². The molecule has 0 spiro atoms. The number of pyridine rings is 1. The first kappa shape index (κ1) is 18.9. The monoisotopic (exact) mass is 326 g/mol. The van der Waals surface area contributed by atoms with Gasteiger partial charge in [0.05, 0.1) is 18.4 Å². The number of ether oxygens (including phenoxy) is 2. The molecule has 1 aromatic rings. The number of nitrogens with zero attached hydrogens (tertiary/aromatic N) is 1. The van der Waals surface area contributed by atoms with Crippen LogP contribution < -0.4 is 5.32 Å². The molecule has 0 saturated carbocycles. The molecule has 0 bridgehead atoms. The molecule has 0 aliphatic rings. The van der Waals surface area contributed by atoms with E-state index in [0.29, 0.717) is 0 Å². The molecule has 8 nitrogen and oxygen atoms in total. The normalized spacial score (nSPS) is 13.8. The zero-order valence-electron chi connectivity index (χ0n) is 13.6. The standard InChI is InChI=1S/C15H22N2O6/c1-15(2,3)23-14(21)17-8-11(18)12(19)10-7-9(5-6-16-10)13(20)22-4/h5-7,11-12,18-19H,8H2,1-4H3,(H,17,21). The number of alkyl carbamates (subject to hydrolysis) is 1. The Morgan fingerprint density at radius 1 is 1.35 bits per heavy atom. The Balaban J connectivity index is 2.65. The third-order valence-corrected chi connectivity index (χ3v) is 2.72. The lowest BCUT2D eigenvalue weighted by Crippen LogP contribution is -2.39. The second-order valence-electron chi connectivity index (χ2n) is 5.86. The minimum Gasteiger partial charge on any atom is -0.465 e. The number of aliphatic hydroxyl groups excluding tert-OH is 2. The van der Waals surface area contributed by atoms with Gasteiger partial charge in [0.1, 0.15) is 17.8 Å². The Labute approximate surface area is 134 Å². The number of esters is 1. The highest BCUT2D eigenvalue weighted by Gasteiger charge is 2.23. The van der Waals surface area contributed by atoms with Gasteiger partial charge in [0.2, 0.25) is 0 Å². The highest BCUT2D eigenvalue weighted by atomic mass is 16.6. The van der Waals surface area contributed by atoms with Crippen LogP contribution in [0.15, 0.2) is 18.3 Å². The van der Waals surface area contributed by atoms with Crippen LogP contribution in [0.3, 0.4) is 0 Å². The minimum atomic E-state index is -1.38. The summed E-state index contributed by atoms with van der Waals surface area (Å²) in [5.74, 6) is -0.581. The van der Waals surface area contributed by atoms with Crippen molar-refractivity contribution in [3.05, 3.63) is 29.6 Å². The Kier molecular flexibility index (Phi) is 6.47. The number of amides is 1. The maximum atomic E-state index is 11.5. The van der Waals surface area contributed by atoms with Gasteiger partial charge in [-0.2, -0.15) is 0 Å². The van der Waals surface area contributed by atoms with Gasteiger partial charge < -0.3 is 25.0 Å². The lowest BCUT2D eigenvalue weighted by Gasteiger charge is -2.22. The number of nitrogens with one attached hydrogen (secondary N) is 1. The molecule has 128 valence electrons. The van der Waals surface area contributed by atoms with Gasteiger partial charge in [-0.3, -0.25) is 4.98 Å². The largest absolute Gasteiger partial charge is 0.465 e. The number of carbonyl (C=O) groups excluding carboxylic acids is 2. The predicted molar refractivity (Wildman–Crippen MR) is 80.8 cm³/mol. The summed E-state index contributed by atoms with van der Waals surface area (Å²) in [6.07, 6.45) is -2.09. The van der Waals surface area contributed by atoms with Crippen LogP contribution in [0.1, 0.15) is 42.9 Å². The molecule has 0 aliphatic heterocycles. The molecule has 8 heteroatoms. The van der Waals surface area contributed by atoms with Crippen molar-refractivity contribution in [2.45, 2.75) is 38.6 Å². The van der Waals surface area contributed by atoms with Gasteiger partial charge in [0, 0.05) is 12.7 Å². The van der Waals surface area contributed by atoms with E-state index < -0.39 is 29.9 Å². The Bertz CT molecular complexity index is 555. The molecule has 1 rings (SSSR count). The number of aromatic nitrogens is 1. The Morgan fingerprint density at radius 2 is 2.00 bits per heavy atom. The number of hydrogen-bond donors (Lipinski definition) is 3. The average molecular weight is 326 g/mol. The molecule has 0 radical (unpaired) electrons. The first-order valence-electron chi connectivity index (χ1n) is 7.01. The zero-order valence-corrected chi connectivity index (χ0v) is 13.6. The zero-order chi connectivity index (χ0) is 17.6. The molecule has 1 heterocycles. The minimum absolute atomic E-state index is 0.0892. The van der Waals surface area contributed by atoms with E-state index in [-0.39, 0.29) is 17.8 Å². The van der Waals surface area contributed by atoms with E-state index in [0.717, 1.165) is 0 Å². The lowest BCUT2D eigenvalue weighted by atomic mass is 10.1. The van der Waals surface area contributed by atoms with Gasteiger partial charge >= 0.3 is 12.1 Å². The van der Waals surface area contributed by atoms with Gasteiger partial charge in [-0.15, -0.1) is 0 Å². The van der Waals surface area contributed by atoms with E-state index in [1.807, 2.05) is 0 Å². The van der Waals surface area contributed by atoms with Gasteiger partial charge in [0.15, 0.2) is 0 Å². The first-order valence-corrected chi connectivity index (χ1v) is 7.01. The quantitative estimate of drug-likeness (QED) is 0.684. The molecule has 0 saturated heterocycles. The van der Waals surface area contributed by atoms with Crippen molar-refractivity contribution in [3.63, 3.8) is 0 Å². The summed E-state index contributed by atoms with van der Waals surface area (Å²) < 4.78 is 9.59. The predicted octanol–water partition coefficient (Wildman–Crippen LogP) is 0.787. The molecule has 3 N–H and O–H groups in total. The lowest BCUT2D eigenvalue weighted by molar-refractivity contribution is 0.0108. The van der Waals surface area contributed by atoms with E-state index >= 15 is 0 Å². The van der Waals surface area contributed by atoms with Crippen LogP contribution in [0, 0.1) is 0 Å². The summed E-state index contributed by atoms with van der Waals surface area (Å²) in [5.41, 5.74) is -0.375. The van der Waals surface area contributed by atoms with Crippen molar-refractivity contribution < 1.29 is 29.3 Å². The van der Waals surface area contributed by atoms with Crippen molar-refractivity contribution in [3.8, 4) is 0 Å². The first-order chi connectivity index (χ1) is 10.6. The van der Waals surface area contributed by atoms with Gasteiger partial charge in [0.25, 0.3) is 0 Å². The molecule has 0 aromatic carbocycles. The number of hydrogen-bond acceptors (Lipinski definition) is 7. The smallest absolute Gasteiger partial charge is 0.407 e. The summed E-state index contributed by atoms with van der Waals surface area (Å²) in [4.78, 5) is 26.8. The van der Waals surface area contributed by atoms with Gasteiger partial charge in [-0.05, 0) is 32.9 Å². The highest BCUT2D eigenvalue weighted by Crippen LogP contribution is 2.16. The van der Waals surface area contributed by atoms with Crippen molar-refractivity contribution in [2.24, 2.45) is 0 Å². The molecule has 0 aliphatic carbocycles. The molecule has 2 unspecified atom stereocenters. The van der Waals surface area contributed by atoms with Gasteiger partial charge in [-0.1, -0.05) is 0 Å². The summed E-state index contributed by atoms with van der Waals surface area (Å²) in [5, 5.41) is 22.3. The van der Waals surface area contributed by atoms with Crippen LogP contribution >= 0.6 is 0 Å². The summed E-state index contributed by atoms with van der Waals surface area (Å²) >= 11 is 0. The topological polar surface area (TPSA) is 118 Å². The van der Waals surface area contributed by atoms with Crippen LogP contribution in [0.4, 0.5) is 4.79 Å². The van der Waals surface area contributed by atoms with E-state index in [1.54, 1.807) is 20.8 Å². The fourth-order valence-corrected chi connectivity index (χ4v) is 1.67. The third-order valence-electron chi connectivity index (χ3n) is 2.72. The molecule has 1 aromatic heterocycles. The second kappa shape index (κ2) is 7.89. The second-order valence-corrected chi connectivity index (χ2v) is 5.86. The van der Waals surface area contributed by atoms with Crippen LogP contribution in [-0.2, 0) is 9.47 Å². The maximum absolute atomic E-state index is 11.5. The summed E-state index contributed by atoms with van der Waals surface area (Å²) in [7, 11) is 1.23. The fourth-order valence-electron chi connectivity index (χ4n) is 1.67. The Hall–Kier alpha value is -2.19. The average Bonchev–Trinajstić information content (AvgIpc) is 2.49. The maximum Gasteiger partial charge on any atom is 0.407 e. The molecular formula is C15H22N2O6. The van der Waals surface area contributed by atoms with Crippen molar-refractivity contribution in [1.29, 1.82) is 0 Å². The van der Waals surface area contributed by atoms with Crippen molar-refractivity contribution in [1.82, 2.24) is 10.3 Å². The summed E-state index contributed by atoms with van der Waals surface area (Å²) in [6, 6.07) is 2.74. The molecule has 0 fully saturated rings. The van der Waals surface area contributed by atoms with Crippen LogP contribution in [0.25, 0.3) is 0 Å². The SMILES string of the molecule is COC(=O)c1ccnc(C(O)C(O)CNC(=O)OC(C)(C)C)c1. The molecule has 1 amide bonds. The number of aliphatic hydroxyl groups is 2. The van der Waals surface area contributed by atoms with E-state index in [2.05, 4.69) is 15.0 Å². The fraction of sp³-hybridized carbons (Fsp3) is 0.533. The van der Waals surface area contributed by atoms with E-state index in [9.17, 15) is 19.8 Å². The molecule has 23 heavy (non-hydrogen) atoms. The van der Waals surface area contributed by atoms with Crippen molar-refractivity contribution in [2.75, 3.05) is 13.7 Å². The van der Waals surface area contributed by atoms with E-state index in [1.165, 1.54) is 25.4 Å². The molecule has 2 atom stereocenters. The van der Waals surface area contributed by atoms with Crippen molar-refractivity contribution >= 4 is 12.1 Å². The van der Waals surface area contributed by atoms with Gasteiger partial charge in [-0.25, -0.2) is 9.59 Å². The van der Waals surface area contributed by atoms with Crippen LogP contribution in [-0.4, -0.2) is 52.6 Å². The third kappa shape index (κ3) is 6.21.